The van der Waals surface area contributed by atoms with E-state index in [1.165, 1.54) is 19.1 Å². The molecule has 0 unspecified atom stereocenters. The van der Waals surface area contributed by atoms with Crippen LogP contribution in [0.4, 0.5) is 11.4 Å². The van der Waals surface area contributed by atoms with Gasteiger partial charge in [0.2, 0.25) is 21.8 Å². The van der Waals surface area contributed by atoms with Crippen LogP contribution >= 0.6 is 0 Å². The third-order valence-electron chi connectivity index (χ3n) is 4.02. The van der Waals surface area contributed by atoms with E-state index < -0.39 is 16.1 Å². The van der Waals surface area contributed by atoms with Gasteiger partial charge in [0.15, 0.2) is 0 Å². The lowest BCUT2D eigenvalue weighted by atomic mass is 10.0. The first kappa shape index (κ1) is 21.4. The number of nitrogens with one attached hydrogen (secondary N) is 2. The standard InChI is InChI=1S/C19H24N4O4S/c1-13(24)21-16(14-7-5-4-6-8-14)12-19(25)22-17-11-15(28(20,26)27)9-10-18(17)23(2)3/h4-11,16H,12H2,1-3H3,(H,21,24)(H,22,25)(H2,20,26,27)/t16-/m1/s1. The Balaban J connectivity index is 2.28. The summed E-state index contributed by atoms with van der Waals surface area (Å²) in [6, 6.07) is 12.9. The molecular formula is C19H24N4O4S. The van der Waals surface area contributed by atoms with E-state index in [2.05, 4.69) is 10.6 Å². The molecule has 0 radical (unpaired) electrons. The van der Waals surface area contributed by atoms with Crippen LogP contribution in [-0.4, -0.2) is 34.3 Å². The molecule has 0 saturated carbocycles. The van der Waals surface area contributed by atoms with Crippen molar-refractivity contribution in [3.63, 3.8) is 0 Å². The van der Waals surface area contributed by atoms with Crippen molar-refractivity contribution in [1.29, 1.82) is 0 Å². The number of anilines is 2. The number of primary sulfonamides is 1. The second kappa shape index (κ2) is 8.85. The topological polar surface area (TPSA) is 122 Å². The molecule has 0 aliphatic rings. The molecule has 2 rings (SSSR count). The minimum atomic E-state index is -3.91. The molecule has 2 aromatic rings. The monoisotopic (exact) mass is 404 g/mol. The Hall–Kier alpha value is -2.91. The zero-order valence-electron chi connectivity index (χ0n) is 16.0. The SMILES string of the molecule is CC(=O)N[C@H](CC(=O)Nc1cc(S(N)(=O)=O)ccc1N(C)C)c1ccccc1. The van der Waals surface area contributed by atoms with E-state index in [4.69, 9.17) is 5.14 Å². The normalized spacial score (nSPS) is 12.1. The van der Waals surface area contributed by atoms with Crippen molar-refractivity contribution in [3.8, 4) is 0 Å². The first-order valence-corrected chi connectivity index (χ1v) is 10.1. The van der Waals surface area contributed by atoms with Gasteiger partial charge < -0.3 is 15.5 Å². The average molecular weight is 404 g/mol. The van der Waals surface area contributed by atoms with E-state index >= 15 is 0 Å². The maximum Gasteiger partial charge on any atom is 0.238 e. The van der Waals surface area contributed by atoms with Gasteiger partial charge in [0, 0.05) is 21.0 Å². The fourth-order valence-corrected chi connectivity index (χ4v) is 3.29. The lowest BCUT2D eigenvalue weighted by Crippen LogP contribution is -2.30. The summed E-state index contributed by atoms with van der Waals surface area (Å²) in [7, 11) is -0.373. The molecule has 0 aliphatic heterocycles. The first-order valence-electron chi connectivity index (χ1n) is 8.54. The van der Waals surface area contributed by atoms with Crippen molar-refractivity contribution in [3.05, 3.63) is 54.1 Å². The van der Waals surface area contributed by atoms with Crippen LogP contribution in [0.15, 0.2) is 53.4 Å². The average Bonchev–Trinajstić information content (AvgIpc) is 2.60. The molecule has 9 heteroatoms. The molecule has 8 nitrogen and oxygen atoms in total. The quantitative estimate of drug-likeness (QED) is 0.647. The van der Waals surface area contributed by atoms with Crippen molar-refractivity contribution >= 4 is 33.2 Å². The maximum atomic E-state index is 12.7. The molecule has 0 fully saturated rings. The predicted molar refractivity (Wildman–Crippen MR) is 108 cm³/mol. The number of carbonyl (C=O) groups is 2. The zero-order chi connectivity index (χ0) is 20.9. The Morgan fingerprint density at radius 2 is 1.75 bits per heavy atom. The van der Waals surface area contributed by atoms with Crippen LogP contribution in [-0.2, 0) is 19.6 Å². The van der Waals surface area contributed by atoms with Gasteiger partial charge in [-0.3, -0.25) is 9.59 Å². The summed E-state index contributed by atoms with van der Waals surface area (Å²) >= 11 is 0. The highest BCUT2D eigenvalue weighted by molar-refractivity contribution is 7.89. The second-order valence-electron chi connectivity index (χ2n) is 6.53. The molecule has 0 spiro atoms. The van der Waals surface area contributed by atoms with Crippen molar-refractivity contribution in [2.45, 2.75) is 24.3 Å². The van der Waals surface area contributed by atoms with Gasteiger partial charge >= 0.3 is 0 Å². The number of amides is 2. The Labute approximate surface area is 164 Å². The fraction of sp³-hybridized carbons (Fsp3) is 0.263. The van der Waals surface area contributed by atoms with Gasteiger partial charge in [-0.15, -0.1) is 0 Å². The Kier molecular flexibility index (Phi) is 6.76. The zero-order valence-corrected chi connectivity index (χ0v) is 16.8. The highest BCUT2D eigenvalue weighted by Crippen LogP contribution is 2.28. The molecule has 0 bridgehead atoms. The van der Waals surface area contributed by atoms with E-state index in [1.807, 2.05) is 30.3 Å². The van der Waals surface area contributed by atoms with Gasteiger partial charge in [0.1, 0.15) is 0 Å². The minimum absolute atomic E-state index is 0.0178. The smallest absolute Gasteiger partial charge is 0.238 e. The number of benzene rings is 2. The molecule has 1 atom stereocenters. The van der Waals surface area contributed by atoms with Gasteiger partial charge in [-0.25, -0.2) is 13.6 Å². The Bertz CT molecular complexity index is 959. The van der Waals surface area contributed by atoms with E-state index in [0.717, 1.165) is 5.56 Å². The number of nitrogens with two attached hydrogens (primary N) is 1. The number of hydrogen-bond acceptors (Lipinski definition) is 5. The molecule has 4 N–H and O–H groups in total. The van der Waals surface area contributed by atoms with E-state index in [9.17, 15) is 18.0 Å². The van der Waals surface area contributed by atoms with Crippen molar-refractivity contribution < 1.29 is 18.0 Å². The van der Waals surface area contributed by atoms with E-state index in [-0.39, 0.29) is 23.1 Å². The number of nitrogens with zero attached hydrogens (tertiary/aromatic N) is 1. The highest BCUT2D eigenvalue weighted by atomic mass is 32.2. The summed E-state index contributed by atoms with van der Waals surface area (Å²) in [6.45, 7) is 1.38. The lowest BCUT2D eigenvalue weighted by Gasteiger charge is -2.21. The van der Waals surface area contributed by atoms with E-state index in [1.54, 1.807) is 25.1 Å². The molecule has 0 heterocycles. The second-order valence-corrected chi connectivity index (χ2v) is 8.10. The van der Waals surface area contributed by atoms with Crippen LogP contribution in [0, 0.1) is 0 Å². The van der Waals surface area contributed by atoms with Crippen molar-refractivity contribution in [2.75, 3.05) is 24.3 Å². The van der Waals surface area contributed by atoms with Crippen LogP contribution in [0.25, 0.3) is 0 Å². The summed E-state index contributed by atoms with van der Waals surface area (Å²) < 4.78 is 23.3. The van der Waals surface area contributed by atoms with Crippen molar-refractivity contribution in [1.82, 2.24) is 5.32 Å². The summed E-state index contributed by atoms with van der Waals surface area (Å²) in [5.41, 5.74) is 1.73. The van der Waals surface area contributed by atoms with Gasteiger partial charge in [-0.1, -0.05) is 30.3 Å². The lowest BCUT2D eigenvalue weighted by molar-refractivity contribution is -0.120. The molecule has 2 aromatic carbocycles. The summed E-state index contributed by atoms with van der Waals surface area (Å²) in [6.07, 6.45) is -0.0178. The molecule has 0 aliphatic carbocycles. The van der Waals surface area contributed by atoms with Crippen molar-refractivity contribution in [2.24, 2.45) is 5.14 Å². The summed E-state index contributed by atoms with van der Waals surface area (Å²) in [5, 5.41) is 10.7. The van der Waals surface area contributed by atoms with Crippen LogP contribution < -0.4 is 20.7 Å². The molecule has 28 heavy (non-hydrogen) atoms. The predicted octanol–water partition coefficient (Wildman–Crippen LogP) is 1.61. The first-order chi connectivity index (χ1) is 13.1. The number of sulfonamides is 1. The van der Waals surface area contributed by atoms with Crippen LogP contribution in [0.1, 0.15) is 24.9 Å². The molecule has 0 saturated heterocycles. The fourth-order valence-electron chi connectivity index (χ4n) is 2.75. The molecular weight excluding hydrogens is 380 g/mol. The largest absolute Gasteiger partial charge is 0.376 e. The van der Waals surface area contributed by atoms with E-state index in [0.29, 0.717) is 11.4 Å². The summed E-state index contributed by atoms with van der Waals surface area (Å²) in [5.74, 6) is -0.635. The third-order valence-corrected chi connectivity index (χ3v) is 4.93. The maximum absolute atomic E-state index is 12.7. The highest BCUT2D eigenvalue weighted by Gasteiger charge is 2.19. The summed E-state index contributed by atoms with van der Waals surface area (Å²) in [4.78, 5) is 25.8. The molecule has 150 valence electrons. The minimum Gasteiger partial charge on any atom is -0.376 e. The molecule has 0 aromatic heterocycles. The number of rotatable bonds is 7. The van der Waals surface area contributed by atoms with Gasteiger partial charge in [-0.05, 0) is 23.8 Å². The molecule has 2 amide bonds. The number of carbonyl (C=O) groups excluding carboxylic acids is 2. The third kappa shape index (κ3) is 5.80. The Morgan fingerprint density at radius 1 is 1.11 bits per heavy atom. The van der Waals surface area contributed by atoms with Crippen LogP contribution in [0.3, 0.4) is 0 Å². The Morgan fingerprint density at radius 3 is 2.29 bits per heavy atom. The number of hydrogen-bond donors (Lipinski definition) is 3. The van der Waals surface area contributed by atoms with Gasteiger partial charge in [0.25, 0.3) is 0 Å². The van der Waals surface area contributed by atoms with Crippen LogP contribution in [0.5, 0.6) is 0 Å². The van der Waals surface area contributed by atoms with Gasteiger partial charge in [-0.2, -0.15) is 0 Å². The van der Waals surface area contributed by atoms with Crippen LogP contribution in [0.2, 0.25) is 0 Å². The van der Waals surface area contributed by atoms with Gasteiger partial charge in [0.05, 0.1) is 28.7 Å².